The number of rotatable bonds is 12. The van der Waals surface area contributed by atoms with Crippen molar-refractivity contribution in [2.45, 2.75) is 97.5 Å². The summed E-state index contributed by atoms with van der Waals surface area (Å²) in [5, 5.41) is 0. The second kappa shape index (κ2) is 15.9. The van der Waals surface area contributed by atoms with Gasteiger partial charge in [0.15, 0.2) is 24.6 Å². The molecule has 268 valence electrons. The third-order valence-corrected chi connectivity index (χ3v) is 13.4. The highest BCUT2D eigenvalue weighted by Crippen LogP contribution is 2.70. The summed E-state index contributed by atoms with van der Waals surface area (Å²) in [6, 6.07) is 19.6. The number of hydrogen-bond donors (Lipinski definition) is 0. The monoisotopic (exact) mass is 726 g/mol. The first-order valence-corrected chi connectivity index (χ1v) is 19.7. The largest absolute Gasteiger partial charge is 0.465 e. The molecular formula is C35H41F3O9S2. The van der Waals surface area contributed by atoms with Gasteiger partial charge in [-0.2, -0.15) is 21.6 Å². The molecule has 0 bridgehead atoms. The van der Waals surface area contributed by atoms with E-state index in [1.54, 1.807) is 72.8 Å². The first-order valence-electron chi connectivity index (χ1n) is 16.6. The zero-order valence-corrected chi connectivity index (χ0v) is 28.6. The lowest BCUT2D eigenvalue weighted by molar-refractivity contribution is -0.107. The molecule has 0 N–H and O–H groups in total. The number of hydrogen-bond acceptors (Lipinski definition) is 9. The van der Waals surface area contributed by atoms with Crippen molar-refractivity contribution in [1.82, 2.24) is 0 Å². The summed E-state index contributed by atoms with van der Waals surface area (Å²) < 4.78 is 108. The molecule has 0 amide bonds. The van der Waals surface area contributed by atoms with E-state index in [0.717, 1.165) is 57.8 Å². The molecule has 3 aromatic carbocycles. The van der Waals surface area contributed by atoms with E-state index in [1.165, 1.54) is 0 Å². The smallest absolute Gasteiger partial charge is 0.405 e. The molecule has 3 aromatic rings. The highest BCUT2D eigenvalue weighted by atomic mass is 32.3. The number of ether oxygens (including phenoxy) is 6. The van der Waals surface area contributed by atoms with Crippen molar-refractivity contribution in [3.63, 3.8) is 0 Å². The number of halogens is 3. The van der Waals surface area contributed by atoms with Crippen molar-refractivity contribution in [3.05, 3.63) is 72.8 Å². The Bertz CT molecular complexity index is 1430. The fourth-order valence-electron chi connectivity index (χ4n) is 5.90. The lowest BCUT2D eigenvalue weighted by Gasteiger charge is -2.39. The zero-order valence-electron chi connectivity index (χ0n) is 27.0. The molecule has 9 nitrogen and oxygen atoms in total. The summed E-state index contributed by atoms with van der Waals surface area (Å²) in [4.78, 5) is 1.01. The normalized spacial score (nSPS) is 23.9. The molecule has 3 aliphatic rings. The fraction of sp³-hybridized carbons (Fsp3) is 0.486. The molecule has 3 unspecified atom stereocenters. The van der Waals surface area contributed by atoms with Crippen LogP contribution in [0.1, 0.15) is 57.8 Å². The predicted molar refractivity (Wildman–Crippen MR) is 175 cm³/mol. The van der Waals surface area contributed by atoms with Gasteiger partial charge in [0.1, 0.15) is 17.2 Å². The van der Waals surface area contributed by atoms with Gasteiger partial charge in [-0.15, -0.1) is 0 Å². The quantitative estimate of drug-likeness (QED) is 0.182. The van der Waals surface area contributed by atoms with Crippen LogP contribution >= 0.6 is 10.3 Å². The van der Waals surface area contributed by atoms with Gasteiger partial charge in [0.2, 0.25) is 0 Å². The van der Waals surface area contributed by atoms with Crippen LogP contribution in [0.25, 0.3) is 0 Å². The topological polar surface area (TPSA) is 98.8 Å². The molecule has 49 heavy (non-hydrogen) atoms. The summed E-state index contributed by atoms with van der Waals surface area (Å²) in [5.74, 6) is -0.756. The van der Waals surface area contributed by atoms with Crippen molar-refractivity contribution < 1.29 is 53.6 Å². The summed E-state index contributed by atoms with van der Waals surface area (Å²) in [6.07, 6.45) is 1.56. The second-order valence-corrected chi connectivity index (χ2v) is 16.6. The Morgan fingerprint density at radius 1 is 0.551 bits per heavy atom. The first kappa shape index (κ1) is 35.8. The molecule has 0 radical (unpaired) electrons. The van der Waals surface area contributed by atoms with Crippen molar-refractivity contribution in [1.29, 1.82) is 0 Å². The van der Waals surface area contributed by atoms with Crippen LogP contribution in [0.2, 0.25) is 0 Å². The van der Waals surface area contributed by atoms with Crippen molar-refractivity contribution in [2.75, 3.05) is 25.6 Å². The van der Waals surface area contributed by atoms with Crippen molar-refractivity contribution in [3.8, 4) is 17.2 Å². The van der Waals surface area contributed by atoms with Crippen molar-refractivity contribution >= 4 is 20.4 Å². The third kappa shape index (κ3) is 9.62. The van der Waals surface area contributed by atoms with Gasteiger partial charge < -0.3 is 28.4 Å². The van der Waals surface area contributed by atoms with Crippen LogP contribution in [0.5, 0.6) is 17.2 Å². The maximum atomic E-state index is 13.6. The minimum absolute atomic E-state index is 0.337. The van der Waals surface area contributed by atoms with E-state index in [0.29, 0.717) is 51.8 Å². The second-order valence-electron chi connectivity index (χ2n) is 12.1. The van der Waals surface area contributed by atoms with Gasteiger partial charge in [-0.1, -0.05) is 0 Å². The van der Waals surface area contributed by atoms with Crippen LogP contribution in [0, 0.1) is 0 Å². The molecular weight excluding hydrogens is 686 g/mol. The molecule has 3 fully saturated rings. The number of benzene rings is 3. The average Bonchev–Trinajstić information content (AvgIpc) is 3.09. The highest BCUT2D eigenvalue weighted by molar-refractivity contribution is 8.33. The molecule has 14 heteroatoms. The maximum absolute atomic E-state index is 13.6. The maximum Gasteiger partial charge on any atom is 0.405 e. The Hall–Kier alpha value is -3.01. The van der Waals surface area contributed by atoms with Gasteiger partial charge in [0.25, 0.3) is 10.1 Å². The standard InChI is InChI=1S/C35H41F3O9S2/c36-35(37,38)25-48(39,40)47-49(29-16-10-26(11-17-29)44-32-7-1-4-22-41-32,30-18-12-27(13-19-30)45-33-8-2-5-23-42-33)31-20-14-28(15-21-31)46-34-9-3-6-24-43-34/h10-21,32-34H,1-9,22-25H2. The van der Waals surface area contributed by atoms with E-state index >= 15 is 0 Å². The van der Waals surface area contributed by atoms with E-state index in [9.17, 15) is 21.6 Å². The van der Waals surface area contributed by atoms with E-state index in [1.807, 2.05) is 0 Å². The molecule has 6 rings (SSSR count). The molecule has 0 spiro atoms. The first-order chi connectivity index (χ1) is 23.6. The van der Waals surface area contributed by atoms with E-state index in [-0.39, 0.29) is 0 Å². The average molecular weight is 727 g/mol. The van der Waals surface area contributed by atoms with Gasteiger partial charge in [-0.05, 0) is 122 Å². The Morgan fingerprint density at radius 3 is 1.14 bits per heavy atom. The van der Waals surface area contributed by atoms with Crippen LogP contribution < -0.4 is 14.2 Å². The minimum Gasteiger partial charge on any atom is -0.465 e. The van der Waals surface area contributed by atoms with E-state index in [4.69, 9.17) is 32.1 Å². The third-order valence-electron chi connectivity index (χ3n) is 8.23. The zero-order chi connectivity index (χ0) is 34.3. The molecule has 3 atom stereocenters. The summed E-state index contributed by atoms with van der Waals surface area (Å²) in [5.41, 5.74) is 0. The van der Waals surface area contributed by atoms with Crippen molar-refractivity contribution in [2.24, 2.45) is 0 Å². The molecule has 0 aromatic heterocycles. The van der Waals surface area contributed by atoms with Gasteiger partial charge in [-0.3, -0.25) is 0 Å². The predicted octanol–water partition coefficient (Wildman–Crippen LogP) is 8.51. The van der Waals surface area contributed by atoms with Gasteiger partial charge in [-0.25, -0.2) is 3.63 Å². The van der Waals surface area contributed by atoms with Crippen LogP contribution in [-0.4, -0.2) is 59.0 Å². The van der Waals surface area contributed by atoms with E-state index in [2.05, 4.69) is 0 Å². The lowest BCUT2D eigenvalue weighted by Crippen LogP contribution is -2.26. The number of alkyl halides is 3. The van der Waals surface area contributed by atoms with Crippen LogP contribution in [0.15, 0.2) is 87.5 Å². The summed E-state index contributed by atoms with van der Waals surface area (Å²) in [7, 11) is -8.54. The molecule has 3 aliphatic heterocycles. The Balaban J connectivity index is 1.41. The Kier molecular flexibility index (Phi) is 11.6. The van der Waals surface area contributed by atoms with E-state index < -0.39 is 51.2 Å². The van der Waals surface area contributed by atoms with Gasteiger partial charge >= 0.3 is 6.18 Å². The molecule has 3 heterocycles. The van der Waals surface area contributed by atoms with Crippen LogP contribution in [-0.2, 0) is 28.0 Å². The molecule has 3 saturated heterocycles. The summed E-state index contributed by atoms with van der Waals surface area (Å²) in [6.45, 7) is 1.75. The fourth-order valence-corrected chi connectivity index (χ4v) is 11.1. The molecule has 0 aliphatic carbocycles. The van der Waals surface area contributed by atoms with Gasteiger partial charge in [0.05, 0.1) is 19.8 Å². The van der Waals surface area contributed by atoms with Gasteiger partial charge in [0, 0.05) is 33.9 Å². The summed E-state index contributed by atoms with van der Waals surface area (Å²) >= 11 is 0. The lowest BCUT2D eigenvalue weighted by atomic mass is 10.2. The Labute approximate surface area is 286 Å². The highest BCUT2D eigenvalue weighted by Gasteiger charge is 2.43. The Morgan fingerprint density at radius 2 is 0.878 bits per heavy atom. The minimum atomic E-state index is -5.18. The SMILES string of the molecule is O=S(=O)(CC(F)(F)F)OS(c1ccc(OC2CCCCO2)cc1)(c1ccc(OC2CCCCO2)cc1)c1ccc(OC2CCCCO2)cc1. The van der Waals surface area contributed by atoms with Crippen LogP contribution in [0.4, 0.5) is 13.2 Å². The molecule has 0 saturated carbocycles. The van der Waals surface area contributed by atoms with Crippen LogP contribution in [0.3, 0.4) is 0 Å².